The van der Waals surface area contributed by atoms with Crippen LogP contribution in [-0.4, -0.2) is 58.5 Å². The summed E-state index contributed by atoms with van der Waals surface area (Å²) in [5.74, 6) is 1.99. The second-order valence-corrected chi connectivity index (χ2v) is 9.50. The largest absolute Gasteiger partial charge is 0.493 e. The highest BCUT2D eigenvalue weighted by Gasteiger charge is 2.44. The van der Waals surface area contributed by atoms with Crippen LogP contribution in [0.5, 0.6) is 23.0 Å². The lowest BCUT2D eigenvalue weighted by Crippen LogP contribution is -2.53. The first kappa shape index (κ1) is 22.4. The standard InChI is InChI=1S/C22H26N2O7S/c1-28-19-11-15(12-20(29-2)21(19)30-3)14-4-5-18-16(10-14)17(25)13-22(31-18)6-8-24(9-7-22)32(23,26)27/h4-5,10-12H,6-9,13H2,1-3H3,(H2,23,26,27). The first-order valence-electron chi connectivity index (χ1n) is 10.1. The Morgan fingerprint density at radius 1 is 0.969 bits per heavy atom. The number of hydrogen-bond acceptors (Lipinski definition) is 7. The van der Waals surface area contributed by atoms with Crippen LogP contribution in [0.1, 0.15) is 29.6 Å². The van der Waals surface area contributed by atoms with Crippen molar-refractivity contribution in [1.29, 1.82) is 0 Å². The van der Waals surface area contributed by atoms with E-state index in [9.17, 15) is 13.2 Å². The van der Waals surface area contributed by atoms with Gasteiger partial charge in [0.1, 0.15) is 11.4 Å². The molecule has 0 radical (unpaired) electrons. The van der Waals surface area contributed by atoms with Crippen LogP contribution in [0.3, 0.4) is 0 Å². The number of rotatable bonds is 5. The third kappa shape index (κ3) is 4.01. The van der Waals surface area contributed by atoms with Gasteiger partial charge in [0.2, 0.25) is 5.75 Å². The topological polar surface area (TPSA) is 117 Å². The Labute approximate surface area is 187 Å². The van der Waals surface area contributed by atoms with Gasteiger partial charge >= 0.3 is 0 Å². The molecule has 0 bridgehead atoms. The van der Waals surface area contributed by atoms with Crippen molar-refractivity contribution in [3.05, 3.63) is 35.9 Å². The van der Waals surface area contributed by atoms with Crippen LogP contribution in [0.4, 0.5) is 0 Å². The van der Waals surface area contributed by atoms with Gasteiger partial charge in [-0.25, -0.2) is 5.14 Å². The molecule has 1 saturated heterocycles. The fourth-order valence-corrected chi connectivity index (χ4v) is 5.04. The van der Waals surface area contributed by atoms with Crippen LogP contribution in [0.15, 0.2) is 30.3 Å². The van der Waals surface area contributed by atoms with Gasteiger partial charge in [0.25, 0.3) is 10.2 Å². The van der Waals surface area contributed by atoms with Crippen LogP contribution in [0, 0.1) is 0 Å². The molecule has 0 unspecified atom stereocenters. The second-order valence-electron chi connectivity index (χ2n) is 7.95. The molecule has 1 fully saturated rings. The van der Waals surface area contributed by atoms with E-state index in [1.807, 2.05) is 18.2 Å². The monoisotopic (exact) mass is 462 g/mol. The smallest absolute Gasteiger partial charge is 0.276 e. The number of nitrogens with zero attached hydrogens (tertiary/aromatic N) is 1. The highest BCUT2D eigenvalue weighted by atomic mass is 32.2. The van der Waals surface area contributed by atoms with Crippen molar-refractivity contribution in [2.24, 2.45) is 5.14 Å². The summed E-state index contributed by atoms with van der Waals surface area (Å²) in [5.41, 5.74) is 1.40. The molecule has 9 nitrogen and oxygen atoms in total. The molecule has 10 heteroatoms. The number of carbonyl (C=O) groups excluding carboxylic acids is 1. The van der Waals surface area contributed by atoms with E-state index >= 15 is 0 Å². The van der Waals surface area contributed by atoms with Gasteiger partial charge in [-0.15, -0.1) is 0 Å². The summed E-state index contributed by atoms with van der Waals surface area (Å²) in [4.78, 5) is 13.1. The zero-order valence-corrected chi connectivity index (χ0v) is 19.0. The molecule has 32 heavy (non-hydrogen) atoms. The van der Waals surface area contributed by atoms with Crippen molar-refractivity contribution in [1.82, 2.24) is 4.31 Å². The molecule has 4 rings (SSSR count). The highest BCUT2D eigenvalue weighted by molar-refractivity contribution is 7.86. The first-order valence-corrected chi connectivity index (χ1v) is 11.6. The number of piperidine rings is 1. The van der Waals surface area contributed by atoms with Crippen LogP contribution in [0.2, 0.25) is 0 Å². The zero-order valence-electron chi connectivity index (χ0n) is 18.2. The Bertz CT molecular complexity index is 1130. The van der Waals surface area contributed by atoms with E-state index in [4.69, 9.17) is 24.1 Å². The predicted molar refractivity (Wildman–Crippen MR) is 118 cm³/mol. The van der Waals surface area contributed by atoms with Crippen molar-refractivity contribution in [2.45, 2.75) is 24.9 Å². The predicted octanol–water partition coefficient (Wildman–Crippen LogP) is 2.38. The normalized spacial score (nSPS) is 18.1. The summed E-state index contributed by atoms with van der Waals surface area (Å²) >= 11 is 0. The van der Waals surface area contributed by atoms with Gasteiger partial charge in [-0.2, -0.15) is 12.7 Å². The lowest BCUT2D eigenvalue weighted by Gasteiger charge is -2.43. The van der Waals surface area contributed by atoms with Gasteiger partial charge < -0.3 is 18.9 Å². The summed E-state index contributed by atoms with van der Waals surface area (Å²) in [6, 6.07) is 9.08. The molecule has 0 amide bonds. The fraction of sp³-hybridized carbons (Fsp3) is 0.409. The molecule has 1 spiro atoms. The molecule has 0 saturated carbocycles. The number of ketones is 1. The Hall–Kier alpha value is -2.82. The average molecular weight is 463 g/mol. The van der Waals surface area contributed by atoms with Gasteiger partial charge in [-0.3, -0.25) is 4.79 Å². The first-order chi connectivity index (χ1) is 15.2. The molecular formula is C22H26N2O7S. The molecule has 2 aliphatic heterocycles. The molecule has 0 atom stereocenters. The van der Waals surface area contributed by atoms with Crippen molar-refractivity contribution >= 4 is 16.0 Å². The summed E-state index contributed by atoms with van der Waals surface area (Å²) in [6.07, 6.45) is 1.00. The SMILES string of the molecule is COc1cc(-c2ccc3c(c2)C(=O)CC2(CCN(S(N)(=O)=O)CC2)O3)cc(OC)c1OC. The molecule has 2 aliphatic rings. The van der Waals surface area contributed by atoms with Crippen LogP contribution < -0.4 is 24.1 Å². The minimum atomic E-state index is -3.74. The molecule has 0 aliphatic carbocycles. The summed E-state index contributed by atoms with van der Waals surface area (Å²) in [6.45, 7) is 0.454. The summed E-state index contributed by atoms with van der Waals surface area (Å²) < 4.78 is 46.9. The lowest BCUT2D eigenvalue weighted by atomic mass is 9.82. The van der Waals surface area contributed by atoms with Crippen molar-refractivity contribution in [3.8, 4) is 34.1 Å². The maximum Gasteiger partial charge on any atom is 0.276 e. The van der Waals surface area contributed by atoms with E-state index in [0.717, 1.165) is 11.1 Å². The number of carbonyl (C=O) groups is 1. The maximum atomic E-state index is 13.1. The average Bonchev–Trinajstić information content (AvgIpc) is 2.77. The van der Waals surface area contributed by atoms with Gasteiger partial charge in [0.15, 0.2) is 17.3 Å². The maximum absolute atomic E-state index is 13.1. The van der Waals surface area contributed by atoms with E-state index in [2.05, 4.69) is 0 Å². The quantitative estimate of drug-likeness (QED) is 0.725. The van der Waals surface area contributed by atoms with E-state index in [1.54, 1.807) is 26.4 Å². The molecular weight excluding hydrogens is 436 g/mol. The van der Waals surface area contributed by atoms with E-state index < -0.39 is 15.8 Å². The van der Waals surface area contributed by atoms with Gasteiger partial charge in [0.05, 0.1) is 33.3 Å². The minimum Gasteiger partial charge on any atom is -0.493 e. The number of ether oxygens (including phenoxy) is 4. The second kappa shape index (κ2) is 8.27. The van der Waals surface area contributed by atoms with Crippen molar-refractivity contribution in [2.75, 3.05) is 34.4 Å². The van der Waals surface area contributed by atoms with Gasteiger partial charge in [0, 0.05) is 25.9 Å². The lowest BCUT2D eigenvalue weighted by molar-refractivity contribution is 0.00594. The molecule has 2 aromatic rings. The van der Waals surface area contributed by atoms with Crippen molar-refractivity contribution in [3.63, 3.8) is 0 Å². The number of hydrogen-bond donors (Lipinski definition) is 1. The summed E-state index contributed by atoms with van der Waals surface area (Å²) in [5, 5.41) is 5.23. The third-order valence-electron chi connectivity index (χ3n) is 6.08. The Balaban J connectivity index is 1.64. The van der Waals surface area contributed by atoms with E-state index in [1.165, 1.54) is 11.4 Å². The van der Waals surface area contributed by atoms with Gasteiger partial charge in [-0.05, 0) is 35.4 Å². The molecule has 2 heterocycles. The van der Waals surface area contributed by atoms with E-state index in [0.29, 0.717) is 41.4 Å². The Morgan fingerprint density at radius 3 is 2.12 bits per heavy atom. The number of methoxy groups -OCH3 is 3. The highest BCUT2D eigenvalue weighted by Crippen LogP contribution is 2.44. The molecule has 0 aromatic heterocycles. The number of Topliss-reactive ketones (excluding diaryl/α,β-unsaturated/α-hetero) is 1. The van der Waals surface area contributed by atoms with Gasteiger partial charge in [-0.1, -0.05) is 6.07 Å². The Kier molecular flexibility index (Phi) is 5.78. The number of fused-ring (bicyclic) bond motifs is 1. The fourth-order valence-electron chi connectivity index (χ4n) is 4.35. The Morgan fingerprint density at radius 2 is 1.59 bits per heavy atom. The number of nitrogens with two attached hydrogens (primary N) is 1. The summed E-state index contributed by atoms with van der Waals surface area (Å²) in [7, 11) is 0.890. The third-order valence-corrected chi connectivity index (χ3v) is 7.17. The zero-order chi connectivity index (χ0) is 23.1. The van der Waals surface area contributed by atoms with Crippen LogP contribution in [0.25, 0.3) is 11.1 Å². The van der Waals surface area contributed by atoms with E-state index in [-0.39, 0.29) is 25.3 Å². The number of benzene rings is 2. The molecule has 172 valence electrons. The molecule has 2 N–H and O–H groups in total. The van der Waals surface area contributed by atoms with Crippen molar-refractivity contribution < 1.29 is 32.2 Å². The minimum absolute atomic E-state index is 0.0374. The molecule has 2 aromatic carbocycles. The van der Waals surface area contributed by atoms with Crippen LogP contribution >= 0.6 is 0 Å². The van der Waals surface area contributed by atoms with Crippen LogP contribution in [-0.2, 0) is 10.2 Å².